The van der Waals surface area contributed by atoms with Gasteiger partial charge in [0.05, 0.1) is 18.9 Å². The molecule has 0 amide bonds. The molecule has 0 fully saturated rings. The molecule has 1 atom stereocenters. The molecule has 5 nitrogen and oxygen atoms in total. The van der Waals surface area contributed by atoms with E-state index >= 15 is 0 Å². The summed E-state index contributed by atoms with van der Waals surface area (Å²) in [6.45, 7) is 7.45. The fourth-order valence-electron chi connectivity index (χ4n) is 1.58. The molecule has 0 aliphatic carbocycles. The third-order valence-corrected chi connectivity index (χ3v) is 4.84. The Morgan fingerprint density at radius 1 is 1.28 bits per heavy atom. The van der Waals surface area contributed by atoms with Crippen molar-refractivity contribution in [3.8, 4) is 0 Å². The molecule has 0 aromatic carbocycles. The minimum absolute atomic E-state index is 0.160. The maximum absolute atomic E-state index is 12.6. The summed E-state index contributed by atoms with van der Waals surface area (Å²) in [6.07, 6.45) is 2.83. The Kier molecular flexibility index (Phi) is 8.16. The lowest BCUT2D eigenvalue weighted by Crippen LogP contribution is -2.13. The van der Waals surface area contributed by atoms with Gasteiger partial charge in [0.1, 0.15) is 0 Å². The van der Waals surface area contributed by atoms with Gasteiger partial charge in [0.2, 0.25) is 0 Å². The van der Waals surface area contributed by atoms with Crippen molar-refractivity contribution < 1.29 is 23.5 Å². The smallest absolute Gasteiger partial charge is 0.337 e. The number of hydrogen-bond acceptors (Lipinski definition) is 4. The average molecular weight is 278 g/mol. The first-order valence-corrected chi connectivity index (χ1v) is 7.82. The van der Waals surface area contributed by atoms with Gasteiger partial charge in [0.25, 0.3) is 0 Å². The summed E-state index contributed by atoms with van der Waals surface area (Å²) in [4.78, 5) is 10.8. The Morgan fingerprint density at radius 3 is 2.11 bits per heavy atom. The van der Waals surface area contributed by atoms with E-state index in [1.54, 1.807) is 13.8 Å². The molecule has 0 saturated carbocycles. The molecule has 1 N–H and O–H groups in total. The van der Waals surface area contributed by atoms with Crippen LogP contribution in [-0.2, 0) is 18.4 Å². The van der Waals surface area contributed by atoms with Crippen LogP contribution in [-0.4, -0.2) is 29.9 Å². The first-order chi connectivity index (χ1) is 8.41. The van der Waals surface area contributed by atoms with Crippen LogP contribution in [0.3, 0.4) is 0 Å². The third kappa shape index (κ3) is 5.34. The quantitative estimate of drug-likeness (QED) is 0.516. The normalized spacial score (nSPS) is 14.6. The maximum atomic E-state index is 12.6. The highest BCUT2D eigenvalue weighted by atomic mass is 31.2. The van der Waals surface area contributed by atoms with Gasteiger partial charge in [-0.1, -0.05) is 19.4 Å². The molecule has 0 radical (unpaired) electrons. The average Bonchev–Trinajstić information content (AvgIpc) is 2.28. The molecule has 0 rings (SSSR count). The first kappa shape index (κ1) is 17.4. The minimum Gasteiger partial charge on any atom is -0.478 e. The van der Waals surface area contributed by atoms with Gasteiger partial charge >= 0.3 is 13.6 Å². The van der Waals surface area contributed by atoms with Crippen LogP contribution < -0.4 is 0 Å². The standard InChI is InChI=1S/C12H23O5P/c1-5-8-11(9-10(4)12(13)14)18(15,16-6-2)17-7-3/h9,11H,5-8H2,1-4H3,(H,13,14)/b10-9+. The van der Waals surface area contributed by atoms with E-state index in [1.807, 2.05) is 6.92 Å². The van der Waals surface area contributed by atoms with Crippen molar-refractivity contribution in [3.63, 3.8) is 0 Å². The van der Waals surface area contributed by atoms with Gasteiger partial charge in [0, 0.05) is 5.57 Å². The summed E-state index contributed by atoms with van der Waals surface area (Å²) in [6, 6.07) is 0. The predicted molar refractivity (Wildman–Crippen MR) is 70.9 cm³/mol. The van der Waals surface area contributed by atoms with Crippen molar-refractivity contribution in [1.82, 2.24) is 0 Å². The topological polar surface area (TPSA) is 72.8 Å². The van der Waals surface area contributed by atoms with Gasteiger partial charge in [-0.2, -0.15) is 0 Å². The van der Waals surface area contributed by atoms with Crippen molar-refractivity contribution in [2.45, 2.75) is 46.2 Å². The molecule has 106 valence electrons. The van der Waals surface area contributed by atoms with Crippen molar-refractivity contribution in [1.29, 1.82) is 0 Å². The molecule has 0 saturated heterocycles. The first-order valence-electron chi connectivity index (χ1n) is 6.21. The fourth-order valence-corrected chi connectivity index (χ4v) is 3.73. The van der Waals surface area contributed by atoms with Crippen LogP contribution >= 0.6 is 7.60 Å². The van der Waals surface area contributed by atoms with E-state index in [9.17, 15) is 9.36 Å². The Morgan fingerprint density at radius 2 is 1.78 bits per heavy atom. The van der Waals surface area contributed by atoms with E-state index in [4.69, 9.17) is 14.2 Å². The SMILES string of the molecule is CCCC(/C=C(\C)C(=O)O)P(=O)(OCC)OCC. The zero-order chi connectivity index (χ0) is 14.2. The van der Waals surface area contributed by atoms with Crippen molar-refractivity contribution in [3.05, 3.63) is 11.6 Å². The molecule has 1 unspecified atom stereocenters. The summed E-state index contributed by atoms with van der Waals surface area (Å²) >= 11 is 0. The molecule has 0 bridgehead atoms. The Balaban J connectivity index is 5.21. The lowest BCUT2D eigenvalue weighted by molar-refractivity contribution is -0.132. The molecule has 0 spiro atoms. The molecule has 0 aliphatic heterocycles. The van der Waals surface area contributed by atoms with Gasteiger partial charge in [-0.05, 0) is 27.2 Å². The number of rotatable bonds is 9. The van der Waals surface area contributed by atoms with Gasteiger partial charge in [-0.15, -0.1) is 0 Å². The van der Waals surface area contributed by atoms with Gasteiger partial charge in [0.15, 0.2) is 0 Å². The van der Waals surface area contributed by atoms with Crippen LogP contribution in [0.25, 0.3) is 0 Å². The number of hydrogen-bond donors (Lipinski definition) is 1. The lowest BCUT2D eigenvalue weighted by atomic mass is 10.2. The predicted octanol–water partition coefficient (Wildman–Crippen LogP) is 3.45. The summed E-state index contributed by atoms with van der Waals surface area (Å²) in [7, 11) is -3.28. The maximum Gasteiger partial charge on any atom is 0.337 e. The number of aliphatic carboxylic acids is 1. The Bertz CT molecular complexity index is 327. The second-order valence-electron chi connectivity index (χ2n) is 3.89. The highest BCUT2D eigenvalue weighted by Gasteiger charge is 2.33. The number of allylic oxidation sites excluding steroid dienone is 1. The van der Waals surface area contributed by atoms with Crippen LogP contribution in [0.2, 0.25) is 0 Å². The third-order valence-electron chi connectivity index (χ3n) is 2.39. The largest absolute Gasteiger partial charge is 0.478 e. The zero-order valence-corrected chi connectivity index (χ0v) is 12.4. The lowest BCUT2D eigenvalue weighted by Gasteiger charge is -2.24. The second-order valence-corrected chi connectivity index (χ2v) is 6.15. The Hall–Kier alpha value is -0.640. The van der Waals surface area contributed by atoms with E-state index in [-0.39, 0.29) is 18.8 Å². The van der Waals surface area contributed by atoms with Crippen molar-refractivity contribution >= 4 is 13.6 Å². The molecule has 18 heavy (non-hydrogen) atoms. The van der Waals surface area contributed by atoms with Gasteiger partial charge in [-0.3, -0.25) is 4.57 Å². The number of carboxylic acids is 1. The highest BCUT2D eigenvalue weighted by Crippen LogP contribution is 2.55. The van der Waals surface area contributed by atoms with Crippen LogP contribution in [0.5, 0.6) is 0 Å². The molecule has 0 aromatic heterocycles. The number of carbonyl (C=O) groups is 1. The molecule has 0 aliphatic rings. The molecule has 0 aromatic rings. The van der Waals surface area contributed by atoms with Crippen LogP contribution in [0.15, 0.2) is 11.6 Å². The van der Waals surface area contributed by atoms with E-state index in [2.05, 4.69) is 0 Å². The van der Waals surface area contributed by atoms with Gasteiger partial charge in [-0.25, -0.2) is 4.79 Å². The summed E-state index contributed by atoms with van der Waals surface area (Å²) in [5.41, 5.74) is -0.341. The molecular weight excluding hydrogens is 255 g/mol. The van der Waals surface area contributed by atoms with Gasteiger partial charge < -0.3 is 14.2 Å². The van der Waals surface area contributed by atoms with Crippen molar-refractivity contribution in [2.75, 3.05) is 13.2 Å². The van der Waals surface area contributed by atoms with Crippen molar-refractivity contribution in [2.24, 2.45) is 0 Å². The minimum atomic E-state index is -3.28. The van der Waals surface area contributed by atoms with Crippen LogP contribution in [0.1, 0.15) is 40.5 Å². The molecular formula is C12H23O5P. The summed E-state index contributed by atoms with van der Waals surface area (Å²) in [5.74, 6) is -1.02. The summed E-state index contributed by atoms with van der Waals surface area (Å²) < 4.78 is 23.1. The van der Waals surface area contributed by atoms with Crippen LogP contribution in [0.4, 0.5) is 0 Å². The molecule has 6 heteroatoms. The van der Waals surface area contributed by atoms with E-state index in [0.29, 0.717) is 6.42 Å². The monoisotopic (exact) mass is 278 g/mol. The van der Waals surface area contributed by atoms with Crippen LogP contribution in [0, 0.1) is 0 Å². The number of carboxylic acid groups (broad SMARTS) is 1. The fraction of sp³-hybridized carbons (Fsp3) is 0.750. The summed E-state index contributed by atoms with van der Waals surface area (Å²) in [5, 5.41) is 8.89. The van der Waals surface area contributed by atoms with E-state index < -0.39 is 19.2 Å². The zero-order valence-electron chi connectivity index (χ0n) is 11.5. The Labute approximate surface area is 109 Å². The highest BCUT2D eigenvalue weighted by molar-refractivity contribution is 7.54. The second kappa shape index (κ2) is 8.46. The van der Waals surface area contributed by atoms with E-state index in [0.717, 1.165) is 6.42 Å². The molecule has 0 heterocycles. The van der Waals surface area contributed by atoms with E-state index in [1.165, 1.54) is 13.0 Å².